The number of rotatable bonds is 2. The highest BCUT2D eigenvalue weighted by atomic mass is 79.9. The maximum atomic E-state index is 12.2. The van der Waals surface area contributed by atoms with Crippen LogP contribution in [0.3, 0.4) is 0 Å². The molecule has 1 N–H and O–H groups in total. The summed E-state index contributed by atoms with van der Waals surface area (Å²) in [5, 5.41) is 2.91. The summed E-state index contributed by atoms with van der Waals surface area (Å²) in [6, 6.07) is 11.5. The molecule has 0 bridgehead atoms. The number of aryl methyl sites for hydroxylation is 3. The van der Waals surface area contributed by atoms with Gasteiger partial charge >= 0.3 is 0 Å². The summed E-state index contributed by atoms with van der Waals surface area (Å²) >= 11 is 3.45. The zero-order valence-electron chi connectivity index (χ0n) is 11.3. The van der Waals surface area contributed by atoms with Gasteiger partial charge in [-0.3, -0.25) is 4.79 Å². The van der Waals surface area contributed by atoms with Gasteiger partial charge in [0, 0.05) is 15.7 Å². The molecule has 0 aliphatic carbocycles. The Morgan fingerprint density at radius 2 is 1.68 bits per heavy atom. The van der Waals surface area contributed by atoms with Crippen LogP contribution in [0.15, 0.2) is 40.9 Å². The second-order valence-corrected chi connectivity index (χ2v) is 5.57. The van der Waals surface area contributed by atoms with Crippen LogP contribution in [0, 0.1) is 20.8 Å². The van der Waals surface area contributed by atoms with Crippen molar-refractivity contribution in [3.05, 3.63) is 63.1 Å². The monoisotopic (exact) mass is 317 g/mol. The molecular formula is C16H16BrNO. The predicted molar refractivity (Wildman–Crippen MR) is 82.7 cm³/mol. The van der Waals surface area contributed by atoms with Crippen LogP contribution in [0.25, 0.3) is 0 Å². The second kappa shape index (κ2) is 5.57. The molecule has 0 heterocycles. The largest absolute Gasteiger partial charge is 0.322 e. The topological polar surface area (TPSA) is 29.1 Å². The van der Waals surface area contributed by atoms with E-state index in [0.717, 1.165) is 21.3 Å². The summed E-state index contributed by atoms with van der Waals surface area (Å²) in [5.41, 5.74) is 4.90. The Morgan fingerprint density at radius 3 is 2.32 bits per heavy atom. The minimum absolute atomic E-state index is 0.0789. The summed E-state index contributed by atoms with van der Waals surface area (Å²) in [5.74, 6) is -0.0789. The van der Waals surface area contributed by atoms with Gasteiger partial charge in [-0.1, -0.05) is 22.0 Å². The van der Waals surface area contributed by atoms with Crippen molar-refractivity contribution in [1.82, 2.24) is 0 Å². The zero-order valence-corrected chi connectivity index (χ0v) is 12.8. The maximum absolute atomic E-state index is 12.2. The number of carbonyl (C=O) groups excluding carboxylic acids is 1. The van der Waals surface area contributed by atoms with Crippen molar-refractivity contribution in [2.75, 3.05) is 5.32 Å². The van der Waals surface area contributed by atoms with Gasteiger partial charge in [0.25, 0.3) is 5.91 Å². The molecule has 0 radical (unpaired) electrons. The van der Waals surface area contributed by atoms with Crippen LogP contribution in [0.4, 0.5) is 5.69 Å². The molecule has 0 fully saturated rings. The first-order chi connectivity index (χ1) is 8.97. The molecule has 2 nitrogen and oxygen atoms in total. The Bertz CT molecular complexity index is 635. The van der Waals surface area contributed by atoms with E-state index in [1.165, 1.54) is 5.56 Å². The van der Waals surface area contributed by atoms with Gasteiger partial charge in [-0.15, -0.1) is 0 Å². The molecule has 0 saturated carbocycles. The van der Waals surface area contributed by atoms with E-state index in [-0.39, 0.29) is 5.91 Å². The van der Waals surface area contributed by atoms with Crippen molar-refractivity contribution in [2.45, 2.75) is 20.8 Å². The summed E-state index contributed by atoms with van der Waals surface area (Å²) < 4.78 is 1.04. The fourth-order valence-electron chi connectivity index (χ4n) is 1.81. The molecule has 0 unspecified atom stereocenters. The predicted octanol–water partition coefficient (Wildman–Crippen LogP) is 4.63. The first-order valence-electron chi connectivity index (χ1n) is 6.12. The molecule has 0 aromatic heterocycles. The number of nitrogens with one attached hydrogen (secondary N) is 1. The van der Waals surface area contributed by atoms with Crippen LogP contribution >= 0.6 is 15.9 Å². The lowest BCUT2D eigenvalue weighted by molar-refractivity contribution is 0.102. The first kappa shape index (κ1) is 13.8. The van der Waals surface area contributed by atoms with Crippen molar-refractivity contribution in [2.24, 2.45) is 0 Å². The minimum atomic E-state index is -0.0789. The molecule has 0 spiro atoms. The summed E-state index contributed by atoms with van der Waals surface area (Å²) in [7, 11) is 0. The van der Waals surface area contributed by atoms with E-state index < -0.39 is 0 Å². The molecule has 3 heteroatoms. The Labute approximate surface area is 122 Å². The lowest BCUT2D eigenvalue weighted by Crippen LogP contribution is -2.12. The van der Waals surface area contributed by atoms with E-state index >= 15 is 0 Å². The average molecular weight is 318 g/mol. The van der Waals surface area contributed by atoms with Crippen molar-refractivity contribution in [1.29, 1.82) is 0 Å². The fourth-order valence-corrected chi connectivity index (χ4v) is 2.05. The van der Waals surface area contributed by atoms with Crippen molar-refractivity contribution >= 4 is 27.5 Å². The van der Waals surface area contributed by atoms with Crippen LogP contribution in [-0.4, -0.2) is 5.91 Å². The highest BCUT2D eigenvalue weighted by Crippen LogP contribution is 2.20. The van der Waals surface area contributed by atoms with Crippen molar-refractivity contribution in [3.63, 3.8) is 0 Å². The quantitative estimate of drug-likeness (QED) is 0.859. The van der Waals surface area contributed by atoms with Gasteiger partial charge in [0.1, 0.15) is 0 Å². The Balaban J connectivity index is 2.20. The molecule has 2 aromatic rings. The van der Waals surface area contributed by atoms with E-state index in [1.54, 1.807) is 0 Å². The van der Waals surface area contributed by atoms with E-state index in [1.807, 2.05) is 57.2 Å². The summed E-state index contributed by atoms with van der Waals surface area (Å²) in [6.07, 6.45) is 0. The number of anilines is 1. The van der Waals surface area contributed by atoms with Crippen LogP contribution in [0.1, 0.15) is 27.0 Å². The first-order valence-corrected chi connectivity index (χ1v) is 6.91. The van der Waals surface area contributed by atoms with Gasteiger partial charge < -0.3 is 5.32 Å². The molecule has 19 heavy (non-hydrogen) atoms. The van der Waals surface area contributed by atoms with Gasteiger partial charge in [-0.05, 0) is 67.8 Å². The third-order valence-electron chi connectivity index (χ3n) is 3.18. The highest BCUT2D eigenvalue weighted by Gasteiger charge is 2.07. The smallest absolute Gasteiger partial charge is 0.255 e. The number of halogens is 1. The summed E-state index contributed by atoms with van der Waals surface area (Å²) in [6.45, 7) is 6.04. The standard InChI is InChI=1S/C16H16BrNO/c1-10-4-5-13(8-11(10)2)16(19)18-14-6-7-15(17)12(3)9-14/h4-9H,1-3H3,(H,18,19). The third kappa shape index (κ3) is 3.24. The number of hydrogen-bond acceptors (Lipinski definition) is 1. The van der Waals surface area contributed by atoms with E-state index in [0.29, 0.717) is 5.56 Å². The number of hydrogen-bond donors (Lipinski definition) is 1. The highest BCUT2D eigenvalue weighted by molar-refractivity contribution is 9.10. The normalized spacial score (nSPS) is 10.3. The van der Waals surface area contributed by atoms with Gasteiger partial charge in [0.05, 0.1) is 0 Å². The molecule has 0 aliphatic heterocycles. The average Bonchev–Trinajstić information content (AvgIpc) is 2.37. The SMILES string of the molecule is Cc1ccc(C(=O)Nc2ccc(Br)c(C)c2)cc1C. The fraction of sp³-hybridized carbons (Fsp3) is 0.188. The van der Waals surface area contributed by atoms with Crippen LogP contribution < -0.4 is 5.32 Å². The Hall–Kier alpha value is -1.61. The van der Waals surface area contributed by atoms with E-state index in [2.05, 4.69) is 21.2 Å². The van der Waals surface area contributed by atoms with Crippen LogP contribution in [0.2, 0.25) is 0 Å². The molecule has 0 atom stereocenters. The van der Waals surface area contributed by atoms with Gasteiger partial charge in [0.15, 0.2) is 0 Å². The third-order valence-corrected chi connectivity index (χ3v) is 4.07. The molecular weight excluding hydrogens is 302 g/mol. The Kier molecular flexibility index (Phi) is 4.05. The summed E-state index contributed by atoms with van der Waals surface area (Å²) in [4.78, 5) is 12.2. The molecule has 2 rings (SSSR count). The molecule has 98 valence electrons. The lowest BCUT2D eigenvalue weighted by Gasteiger charge is -2.08. The van der Waals surface area contributed by atoms with Crippen molar-refractivity contribution in [3.8, 4) is 0 Å². The van der Waals surface area contributed by atoms with Gasteiger partial charge in [0.2, 0.25) is 0 Å². The molecule has 2 aromatic carbocycles. The van der Waals surface area contributed by atoms with Gasteiger partial charge in [-0.2, -0.15) is 0 Å². The van der Waals surface area contributed by atoms with Crippen molar-refractivity contribution < 1.29 is 4.79 Å². The van der Waals surface area contributed by atoms with E-state index in [9.17, 15) is 4.79 Å². The number of amides is 1. The van der Waals surface area contributed by atoms with Crippen LogP contribution in [-0.2, 0) is 0 Å². The lowest BCUT2D eigenvalue weighted by atomic mass is 10.1. The molecule has 0 saturated heterocycles. The number of benzene rings is 2. The maximum Gasteiger partial charge on any atom is 0.255 e. The Morgan fingerprint density at radius 1 is 0.947 bits per heavy atom. The van der Waals surface area contributed by atoms with E-state index in [4.69, 9.17) is 0 Å². The molecule has 1 amide bonds. The molecule has 0 aliphatic rings. The number of carbonyl (C=O) groups is 1. The second-order valence-electron chi connectivity index (χ2n) is 4.72. The van der Waals surface area contributed by atoms with Gasteiger partial charge in [-0.25, -0.2) is 0 Å². The minimum Gasteiger partial charge on any atom is -0.322 e. The van der Waals surface area contributed by atoms with Crippen LogP contribution in [0.5, 0.6) is 0 Å². The zero-order chi connectivity index (χ0) is 14.0.